The van der Waals surface area contributed by atoms with E-state index in [9.17, 15) is 13.5 Å². The van der Waals surface area contributed by atoms with Crippen LogP contribution in [0.4, 0.5) is 0 Å². The van der Waals surface area contributed by atoms with Crippen LogP contribution in [0.15, 0.2) is 29.2 Å². The number of aliphatic hydroxyl groups excluding tert-OH is 1. The number of nitriles is 1. The molecule has 0 unspecified atom stereocenters. The number of hydrogen-bond donors (Lipinski definition) is 1. The quantitative estimate of drug-likeness (QED) is 0.823. The fraction of sp³-hybridized carbons (Fsp3) is 0.588. The van der Waals surface area contributed by atoms with Crippen LogP contribution in [0.2, 0.25) is 0 Å². The molecule has 0 amide bonds. The van der Waals surface area contributed by atoms with Crippen molar-refractivity contribution < 1.29 is 13.5 Å². The van der Waals surface area contributed by atoms with Gasteiger partial charge in [-0.05, 0) is 31.0 Å². The molecule has 1 aliphatic rings. The molecular formula is C17H24N2O3S. The van der Waals surface area contributed by atoms with Crippen LogP contribution in [0, 0.1) is 11.3 Å². The third-order valence-electron chi connectivity index (χ3n) is 4.45. The maximum atomic E-state index is 12.5. The predicted molar refractivity (Wildman–Crippen MR) is 88.7 cm³/mol. The molecule has 1 saturated carbocycles. The van der Waals surface area contributed by atoms with Crippen LogP contribution < -0.4 is 0 Å². The Bertz CT molecular complexity index is 646. The number of hydrogen-bond acceptors (Lipinski definition) is 5. The highest BCUT2D eigenvalue weighted by Gasteiger charge is 2.23. The first-order valence-electron chi connectivity index (χ1n) is 8.14. The van der Waals surface area contributed by atoms with Gasteiger partial charge in [-0.25, -0.2) is 8.42 Å². The first kappa shape index (κ1) is 17.9. The molecule has 0 saturated heterocycles. The molecule has 1 aromatic carbocycles. The highest BCUT2D eigenvalue weighted by atomic mass is 32.2. The minimum atomic E-state index is -3.42. The van der Waals surface area contributed by atoms with Crippen molar-refractivity contribution in [2.75, 3.05) is 25.4 Å². The Morgan fingerprint density at radius 1 is 1.22 bits per heavy atom. The molecule has 1 aromatic rings. The molecule has 1 N–H and O–H groups in total. The largest absolute Gasteiger partial charge is 0.395 e. The van der Waals surface area contributed by atoms with Gasteiger partial charge >= 0.3 is 0 Å². The van der Waals surface area contributed by atoms with Gasteiger partial charge in [0.15, 0.2) is 9.84 Å². The van der Waals surface area contributed by atoms with Crippen molar-refractivity contribution in [3.05, 3.63) is 29.8 Å². The zero-order valence-electron chi connectivity index (χ0n) is 13.3. The highest BCUT2D eigenvalue weighted by Crippen LogP contribution is 2.23. The molecule has 6 heteroatoms. The topological polar surface area (TPSA) is 81.4 Å². The summed E-state index contributed by atoms with van der Waals surface area (Å²) in [7, 11) is -3.42. The number of benzene rings is 1. The molecule has 0 spiro atoms. The SMILES string of the molecule is N#Cc1cccc(S(=O)(=O)CCN(CCO)C2CCCCC2)c1. The van der Waals surface area contributed by atoms with Crippen LogP contribution in [0.5, 0.6) is 0 Å². The van der Waals surface area contributed by atoms with Crippen LogP contribution in [-0.2, 0) is 9.84 Å². The third kappa shape index (κ3) is 5.03. The van der Waals surface area contributed by atoms with Gasteiger partial charge in [0.1, 0.15) is 0 Å². The molecule has 23 heavy (non-hydrogen) atoms. The normalized spacial score (nSPS) is 16.4. The minimum absolute atomic E-state index is 0.0123. The van der Waals surface area contributed by atoms with Gasteiger partial charge in [-0.1, -0.05) is 25.3 Å². The van der Waals surface area contributed by atoms with E-state index in [-0.39, 0.29) is 17.3 Å². The lowest BCUT2D eigenvalue weighted by Gasteiger charge is -2.33. The Kier molecular flexibility index (Phi) is 6.58. The molecule has 0 aliphatic heterocycles. The summed E-state index contributed by atoms with van der Waals surface area (Å²) in [5, 5.41) is 18.2. The molecule has 5 nitrogen and oxygen atoms in total. The van der Waals surface area contributed by atoms with E-state index < -0.39 is 9.84 Å². The summed E-state index contributed by atoms with van der Waals surface area (Å²) in [5.74, 6) is 0.0123. The van der Waals surface area contributed by atoms with Crippen LogP contribution in [0.3, 0.4) is 0 Å². The van der Waals surface area contributed by atoms with E-state index >= 15 is 0 Å². The minimum Gasteiger partial charge on any atom is -0.395 e. The standard InChI is InChI=1S/C17H24N2O3S/c18-14-15-5-4-8-17(13-15)23(21,22)12-10-19(9-11-20)16-6-2-1-3-7-16/h4-5,8,13,16,20H,1-3,6-7,9-12H2. The molecular weight excluding hydrogens is 312 g/mol. The lowest BCUT2D eigenvalue weighted by molar-refractivity contribution is 0.131. The Hall–Kier alpha value is -1.42. The maximum Gasteiger partial charge on any atom is 0.179 e. The van der Waals surface area contributed by atoms with Crippen molar-refractivity contribution in [1.82, 2.24) is 4.90 Å². The summed E-state index contributed by atoms with van der Waals surface area (Å²) in [6.07, 6.45) is 5.73. The van der Waals surface area contributed by atoms with Crippen molar-refractivity contribution in [3.8, 4) is 6.07 Å². The van der Waals surface area contributed by atoms with Gasteiger partial charge in [-0.2, -0.15) is 5.26 Å². The van der Waals surface area contributed by atoms with E-state index in [4.69, 9.17) is 5.26 Å². The van der Waals surface area contributed by atoms with E-state index in [1.54, 1.807) is 12.1 Å². The first-order valence-corrected chi connectivity index (χ1v) is 9.80. The second-order valence-electron chi connectivity index (χ2n) is 6.01. The molecule has 126 valence electrons. The molecule has 0 aromatic heterocycles. The van der Waals surface area contributed by atoms with Gasteiger partial charge in [-0.3, -0.25) is 4.90 Å². The van der Waals surface area contributed by atoms with Gasteiger partial charge in [0.25, 0.3) is 0 Å². The highest BCUT2D eigenvalue weighted by molar-refractivity contribution is 7.91. The Labute approximate surface area is 138 Å². The van der Waals surface area contributed by atoms with E-state index in [0.717, 1.165) is 12.8 Å². The average Bonchev–Trinajstić information content (AvgIpc) is 2.59. The fourth-order valence-corrected chi connectivity index (χ4v) is 4.47. The molecule has 0 heterocycles. The van der Waals surface area contributed by atoms with Gasteiger partial charge in [0.05, 0.1) is 28.9 Å². The van der Waals surface area contributed by atoms with Crippen molar-refractivity contribution in [2.24, 2.45) is 0 Å². The van der Waals surface area contributed by atoms with Crippen LogP contribution in [0.25, 0.3) is 0 Å². The van der Waals surface area contributed by atoms with E-state index in [1.165, 1.54) is 31.4 Å². The van der Waals surface area contributed by atoms with Crippen LogP contribution in [-0.4, -0.2) is 49.9 Å². The van der Waals surface area contributed by atoms with Gasteiger partial charge in [0, 0.05) is 19.1 Å². The number of aliphatic hydroxyl groups is 1. The average molecular weight is 336 g/mol. The molecule has 1 fully saturated rings. The summed E-state index contributed by atoms with van der Waals surface area (Å²) in [6, 6.07) is 8.49. The van der Waals surface area contributed by atoms with Gasteiger partial charge in [0.2, 0.25) is 0 Å². The molecule has 0 bridgehead atoms. The van der Waals surface area contributed by atoms with Crippen molar-refractivity contribution >= 4 is 9.84 Å². The number of sulfone groups is 1. The molecule has 1 aliphatic carbocycles. The Balaban J connectivity index is 2.04. The van der Waals surface area contributed by atoms with Crippen LogP contribution >= 0.6 is 0 Å². The Morgan fingerprint density at radius 3 is 2.61 bits per heavy atom. The van der Waals surface area contributed by atoms with Gasteiger partial charge in [-0.15, -0.1) is 0 Å². The summed E-state index contributed by atoms with van der Waals surface area (Å²) in [6.45, 7) is 0.975. The lowest BCUT2D eigenvalue weighted by Crippen LogP contribution is -2.41. The smallest absolute Gasteiger partial charge is 0.179 e. The molecule has 0 radical (unpaired) electrons. The summed E-state index contributed by atoms with van der Waals surface area (Å²) in [4.78, 5) is 2.30. The van der Waals surface area contributed by atoms with Crippen molar-refractivity contribution in [2.45, 2.75) is 43.0 Å². The lowest BCUT2D eigenvalue weighted by atomic mass is 9.94. The van der Waals surface area contributed by atoms with E-state index in [2.05, 4.69) is 4.90 Å². The number of nitrogens with zero attached hydrogens (tertiary/aromatic N) is 2. The van der Waals surface area contributed by atoms with E-state index in [1.807, 2.05) is 6.07 Å². The molecule has 0 atom stereocenters. The third-order valence-corrected chi connectivity index (χ3v) is 6.14. The summed E-state index contributed by atoms with van der Waals surface area (Å²) < 4.78 is 25.0. The predicted octanol–water partition coefficient (Wildman–Crippen LogP) is 1.96. The maximum absolute atomic E-state index is 12.5. The Morgan fingerprint density at radius 2 is 1.96 bits per heavy atom. The second kappa shape index (κ2) is 8.44. The molecule has 2 rings (SSSR count). The van der Waals surface area contributed by atoms with E-state index in [0.29, 0.717) is 24.7 Å². The first-order chi connectivity index (χ1) is 11.1. The fourth-order valence-electron chi connectivity index (χ4n) is 3.17. The van der Waals surface area contributed by atoms with Crippen molar-refractivity contribution in [1.29, 1.82) is 5.26 Å². The second-order valence-corrected chi connectivity index (χ2v) is 8.12. The van der Waals surface area contributed by atoms with Gasteiger partial charge < -0.3 is 5.11 Å². The number of rotatable bonds is 7. The zero-order valence-corrected chi connectivity index (χ0v) is 14.1. The summed E-state index contributed by atoms with van der Waals surface area (Å²) >= 11 is 0. The van der Waals surface area contributed by atoms with Crippen molar-refractivity contribution in [3.63, 3.8) is 0 Å². The van der Waals surface area contributed by atoms with Crippen LogP contribution in [0.1, 0.15) is 37.7 Å². The summed E-state index contributed by atoms with van der Waals surface area (Å²) in [5.41, 5.74) is 0.352. The monoisotopic (exact) mass is 336 g/mol. The zero-order chi connectivity index (χ0) is 16.7.